The van der Waals surface area contributed by atoms with Gasteiger partial charge in [0.2, 0.25) is 5.91 Å². The number of nitrogens with zero attached hydrogens (tertiary/aromatic N) is 3. The van der Waals surface area contributed by atoms with Crippen molar-refractivity contribution in [2.45, 2.75) is 45.8 Å². The lowest BCUT2D eigenvalue weighted by Gasteiger charge is -2.32. The van der Waals surface area contributed by atoms with Crippen LogP contribution in [0.3, 0.4) is 0 Å². The Morgan fingerprint density at radius 2 is 1.97 bits per heavy atom. The zero-order chi connectivity index (χ0) is 21.9. The van der Waals surface area contributed by atoms with Gasteiger partial charge in [0.1, 0.15) is 12.1 Å². The summed E-state index contributed by atoms with van der Waals surface area (Å²) < 4.78 is 7.39. The zero-order valence-corrected chi connectivity index (χ0v) is 19.1. The van der Waals surface area contributed by atoms with E-state index in [9.17, 15) is 14.4 Å². The van der Waals surface area contributed by atoms with E-state index in [1.165, 1.54) is 10.9 Å². The van der Waals surface area contributed by atoms with E-state index >= 15 is 0 Å². The minimum atomic E-state index is -0.522. The van der Waals surface area contributed by atoms with Crippen molar-refractivity contribution in [2.24, 2.45) is 5.92 Å². The molecular weight excluding hydrogens is 452 g/mol. The first-order valence-corrected chi connectivity index (χ1v) is 10.8. The van der Waals surface area contributed by atoms with Crippen molar-refractivity contribution in [3.63, 3.8) is 0 Å². The van der Waals surface area contributed by atoms with Gasteiger partial charge in [-0.3, -0.25) is 14.2 Å². The monoisotopic (exact) mass is 478 g/mol. The second-order valence-corrected chi connectivity index (χ2v) is 9.46. The maximum Gasteiger partial charge on any atom is 0.407 e. The number of rotatable bonds is 4. The zero-order valence-electron chi connectivity index (χ0n) is 17.5. The van der Waals surface area contributed by atoms with E-state index in [4.69, 9.17) is 4.74 Å². The normalized spacial score (nSPS) is 15.3. The molecule has 0 saturated carbocycles. The van der Waals surface area contributed by atoms with Gasteiger partial charge in [-0.2, -0.15) is 0 Å². The minimum Gasteiger partial charge on any atom is -0.444 e. The summed E-state index contributed by atoms with van der Waals surface area (Å²) in [5.41, 5.74) is -0.151. The van der Waals surface area contributed by atoms with Gasteiger partial charge in [0.05, 0.1) is 17.2 Å². The van der Waals surface area contributed by atoms with Crippen molar-refractivity contribution < 1.29 is 14.3 Å². The van der Waals surface area contributed by atoms with Crippen LogP contribution in [-0.4, -0.2) is 51.7 Å². The maximum atomic E-state index is 12.7. The molecule has 162 valence electrons. The summed E-state index contributed by atoms with van der Waals surface area (Å²) in [5.74, 6) is 0.191. The molecule has 2 amide bonds. The third kappa shape index (κ3) is 5.81. The van der Waals surface area contributed by atoms with E-state index in [0.717, 1.165) is 17.3 Å². The molecule has 0 spiro atoms. The summed E-state index contributed by atoms with van der Waals surface area (Å²) in [7, 11) is 0. The van der Waals surface area contributed by atoms with Crippen molar-refractivity contribution in [3.05, 3.63) is 39.4 Å². The first-order chi connectivity index (χ1) is 14.1. The summed E-state index contributed by atoms with van der Waals surface area (Å²) in [6.07, 6.45) is 2.59. The number of aromatic nitrogens is 2. The predicted molar refractivity (Wildman–Crippen MR) is 117 cm³/mol. The Hall–Kier alpha value is -2.42. The van der Waals surface area contributed by atoms with Crippen molar-refractivity contribution >= 4 is 38.8 Å². The number of fused-ring (bicyclic) bond motifs is 1. The number of halogens is 1. The molecule has 1 aliphatic rings. The Morgan fingerprint density at radius 3 is 2.63 bits per heavy atom. The number of ether oxygens (including phenoxy) is 1. The molecule has 2 aromatic rings. The Labute approximate surface area is 183 Å². The minimum absolute atomic E-state index is 0.0326. The first-order valence-electron chi connectivity index (χ1n) is 10.0. The molecule has 1 aromatic carbocycles. The molecule has 0 aliphatic carbocycles. The lowest BCUT2D eigenvalue weighted by atomic mass is 9.97. The number of hydrogen-bond acceptors (Lipinski definition) is 5. The Kier molecular flexibility index (Phi) is 6.80. The van der Waals surface area contributed by atoms with Crippen LogP contribution in [0.25, 0.3) is 10.9 Å². The molecule has 30 heavy (non-hydrogen) atoms. The summed E-state index contributed by atoms with van der Waals surface area (Å²) in [5, 5.41) is 3.28. The number of amides is 2. The van der Waals surface area contributed by atoms with Crippen LogP contribution in [0.15, 0.2) is 33.8 Å². The fourth-order valence-corrected chi connectivity index (χ4v) is 3.78. The molecule has 9 heteroatoms. The van der Waals surface area contributed by atoms with Crippen LogP contribution in [0.4, 0.5) is 4.79 Å². The van der Waals surface area contributed by atoms with Crippen molar-refractivity contribution in [2.75, 3.05) is 19.6 Å². The summed E-state index contributed by atoms with van der Waals surface area (Å²) in [4.78, 5) is 43.2. The molecular formula is C21H27BrN4O4. The molecule has 2 heterocycles. The van der Waals surface area contributed by atoms with E-state index in [-0.39, 0.29) is 18.0 Å². The molecule has 0 atom stereocenters. The SMILES string of the molecule is CC(C)(C)OC(=O)NCC1CCN(C(=O)Cn2cnc3ccc(Br)cc3c2=O)CC1. The van der Waals surface area contributed by atoms with Gasteiger partial charge in [-0.25, -0.2) is 9.78 Å². The van der Waals surface area contributed by atoms with Gasteiger partial charge in [0.25, 0.3) is 5.56 Å². The summed E-state index contributed by atoms with van der Waals surface area (Å²) in [6.45, 7) is 7.17. The highest BCUT2D eigenvalue weighted by atomic mass is 79.9. The quantitative estimate of drug-likeness (QED) is 0.728. The van der Waals surface area contributed by atoms with E-state index in [0.29, 0.717) is 36.5 Å². The number of carbonyl (C=O) groups is 2. The number of benzene rings is 1. The molecule has 1 N–H and O–H groups in total. The average Bonchev–Trinajstić information content (AvgIpc) is 2.68. The highest BCUT2D eigenvalue weighted by Crippen LogP contribution is 2.18. The van der Waals surface area contributed by atoms with Crippen LogP contribution >= 0.6 is 15.9 Å². The molecule has 8 nitrogen and oxygen atoms in total. The number of nitrogens with one attached hydrogen (secondary N) is 1. The average molecular weight is 479 g/mol. The topological polar surface area (TPSA) is 93.5 Å². The van der Waals surface area contributed by atoms with Crippen LogP contribution in [0.1, 0.15) is 33.6 Å². The number of likely N-dealkylation sites (tertiary alicyclic amines) is 1. The van der Waals surface area contributed by atoms with E-state index in [1.54, 1.807) is 17.0 Å². The van der Waals surface area contributed by atoms with Crippen LogP contribution < -0.4 is 10.9 Å². The molecule has 0 bridgehead atoms. The second kappa shape index (κ2) is 9.16. The fourth-order valence-electron chi connectivity index (χ4n) is 3.42. The van der Waals surface area contributed by atoms with Crippen LogP contribution in [0, 0.1) is 5.92 Å². The van der Waals surface area contributed by atoms with E-state index < -0.39 is 11.7 Å². The summed E-state index contributed by atoms with van der Waals surface area (Å²) in [6, 6.07) is 5.31. The number of hydrogen-bond donors (Lipinski definition) is 1. The second-order valence-electron chi connectivity index (χ2n) is 8.55. The molecule has 1 aromatic heterocycles. The maximum absolute atomic E-state index is 12.7. The molecule has 1 fully saturated rings. The van der Waals surface area contributed by atoms with Crippen LogP contribution in [-0.2, 0) is 16.1 Å². The van der Waals surface area contributed by atoms with Gasteiger partial charge < -0.3 is 15.0 Å². The van der Waals surface area contributed by atoms with Crippen LogP contribution in [0.5, 0.6) is 0 Å². The Balaban J connectivity index is 1.52. The van der Waals surface area contributed by atoms with Crippen molar-refractivity contribution in [3.8, 4) is 0 Å². The first kappa shape index (κ1) is 22.3. The van der Waals surface area contributed by atoms with Crippen LogP contribution in [0.2, 0.25) is 0 Å². The molecule has 0 radical (unpaired) electrons. The van der Waals surface area contributed by atoms with Gasteiger partial charge >= 0.3 is 6.09 Å². The molecule has 1 aliphatic heterocycles. The van der Waals surface area contributed by atoms with E-state index in [2.05, 4.69) is 26.2 Å². The van der Waals surface area contributed by atoms with Crippen molar-refractivity contribution in [1.29, 1.82) is 0 Å². The number of piperidine rings is 1. The molecule has 3 rings (SSSR count). The lowest BCUT2D eigenvalue weighted by Crippen LogP contribution is -2.44. The Bertz CT molecular complexity index is 991. The van der Waals surface area contributed by atoms with Gasteiger partial charge in [-0.1, -0.05) is 15.9 Å². The summed E-state index contributed by atoms with van der Waals surface area (Å²) >= 11 is 3.36. The van der Waals surface area contributed by atoms with E-state index in [1.807, 2.05) is 26.8 Å². The Morgan fingerprint density at radius 1 is 1.27 bits per heavy atom. The smallest absolute Gasteiger partial charge is 0.407 e. The lowest BCUT2D eigenvalue weighted by molar-refractivity contribution is -0.133. The highest BCUT2D eigenvalue weighted by molar-refractivity contribution is 9.10. The highest BCUT2D eigenvalue weighted by Gasteiger charge is 2.24. The largest absolute Gasteiger partial charge is 0.444 e. The van der Waals surface area contributed by atoms with Gasteiger partial charge in [-0.05, 0) is 57.7 Å². The molecule has 1 saturated heterocycles. The van der Waals surface area contributed by atoms with Gasteiger partial charge in [-0.15, -0.1) is 0 Å². The predicted octanol–water partition coefficient (Wildman–Crippen LogP) is 2.92. The standard InChI is InChI=1S/C21H27BrN4O4/c1-21(2,3)30-20(29)23-11-14-6-8-25(9-7-14)18(27)12-26-13-24-17-5-4-15(22)10-16(17)19(26)28/h4-5,10,13-14H,6-9,11-12H2,1-3H3,(H,23,29). The number of alkyl carbamates (subject to hydrolysis) is 1. The third-order valence-corrected chi connectivity index (χ3v) is 5.49. The fraction of sp³-hybridized carbons (Fsp3) is 0.524. The van der Waals surface area contributed by atoms with Gasteiger partial charge in [0.15, 0.2) is 0 Å². The third-order valence-electron chi connectivity index (χ3n) is 4.99. The molecule has 0 unspecified atom stereocenters. The number of carbonyl (C=O) groups excluding carboxylic acids is 2. The van der Waals surface area contributed by atoms with Crippen molar-refractivity contribution in [1.82, 2.24) is 19.8 Å². The van der Waals surface area contributed by atoms with Gasteiger partial charge in [0, 0.05) is 24.1 Å².